The van der Waals surface area contributed by atoms with Gasteiger partial charge < -0.3 is 16.0 Å². The molecule has 3 heterocycles. The minimum Gasteiger partial charge on any atom is -0.337 e. The molecule has 5 rings (SSSR count). The molecule has 2 bridgehead atoms. The van der Waals surface area contributed by atoms with Crippen LogP contribution in [0.2, 0.25) is 0 Å². The van der Waals surface area contributed by atoms with E-state index in [9.17, 15) is 0 Å². The van der Waals surface area contributed by atoms with Gasteiger partial charge in [0.1, 0.15) is 5.82 Å². The Morgan fingerprint density at radius 2 is 2.20 bits per heavy atom. The van der Waals surface area contributed by atoms with Crippen LogP contribution in [-0.2, 0) is 0 Å². The van der Waals surface area contributed by atoms with Crippen LogP contribution in [0, 0.1) is 5.41 Å². The topological polar surface area (TPSA) is 95.8 Å². The number of rotatable bonds is 5. The van der Waals surface area contributed by atoms with Crippen molar-refractivity contribution in [3.63, 3.8) is 0 Å². The monoisotopic (exact) mass is 359 g/mol. The minimum absolute atomic E-state index is 0. The maximum Gasteiger partial charge on any atom is 0.227 e. The Bertz CT molecular complexity index is 759. The molecular weight excluding hydrogens is 334 g/mol. The molecule has 2 aromatic heterocycles. The number of hydrogen-bond donors (Lipinski definition) is 3. The van der Waals surface area contributed by atoms with Crippen LogP contribution < -0.4 is 16.0 Å². The highest BCUT2D eigenvalue weighted by Crippen LogP contribution is 2.48. The molecular formula is C17H25N7S. The molecule has 2 aliphatic carbocycles. The Morgan fingerprint density at radius 1 is 1.32 bits per heavy atom. The molecule has 4 N–H and O–H groups in total. The molecule has 3 aliphatic rings. The number of anilines is 3. The molecule has 25 heavy (non-hydrogen) atoms. The molecule has 1 saturated heterocycles. The average Bonchev–Trinajstić information content (AvgIpc) is 3.07. The summed E-state index contributed by atoms with van der Waals surface area (Å²) in [5.41, 5.74) is 7.51. The number of fused-ring (bicyclic) bond motifs is 2. The predicted octanol–water partition coefficient (Wildman–Crippen LogP) is 2.25. The van der Waals surface area contributed by atoms with Crippen molar-refractivity contribution in [1.82, 2.24) is 20.2 Å². The number of nitrogens with one attached hydrogen (secondary N) is 2. The first-order valence-corrected chi connectivity index (χ1v) is 8.87. The number of aromatic nitrogens is 4. The summed E-state index contributed by atoms with van der Waals surface area (Å²) in [7, 11) is 0. The van der Waals surface area contributed by atoms with Gasteiger partial charge in [0.05, 0.1) is 0 Å². The fourth-order valence-corrected chi connectivity index (χ4v) is 4.25. The molecule has 134 valence electrons. The lowest BCUT2D eigenvalue weighted by Crippen LogP contribution is -2.39. The van der Waals surface area contributed by atoms with Gasteiger partial charge >= 0.3 is 0 Å². The highest BCUT2D eigenvalue weighted by molar-refractivity contribution is 7.59. The lowest BCUT2D eigenvalue weighted by atomic mass is 9.88. The second kappa shape index (κ2) is 6.17. The van der Waals surface area contributed by atoms with E-state index in [-0.39, 0.29) is 18.9 Å². The molecule has 0 radical (unpaired) electrons. The summed E-state index contributed by atoms with van der Waals surface area (Å²) in [5, 5.41) is 10.7. The Morgan fingerprint density at radius 3 is 2.96 bits per heavy atom. The Kier molecular flexibility index (Phi) is 4.11. The molecule has 2 saturated carbocycles. The number of hydrogen-bond acceptors (Lipinski definition) is 6. The largest absolute Gasteiger partial charge is 0.337 e. The molecule has 3 fully saturated rings. The zero-order valence-corrected chi connectivity index (χ0v) is 15.2. The summed E-state index contributed by atoms with van der Waals surface area (Å²) >= 11 is 0. The third kappa shape index (κ3) is 2.97. The first-order valence-electron chi connectivity index (χ1n) is 8.87. The molecule has 0 amide bonds. The number of nitrogens with zero attached hydrogens (tertiary/aromatic N) is 4. The lowest BCUT2D eigenvalue weighted by Gasteiger charge is -2.31. The summed E-state index contributed by atoms with van der Waals surface area (Å²) < 4.78 is 0. The third-order valence-electron chi connectivity index (χ3n) is 5.83. The van der Waals surface area contributed by atoms with Crippen molar-refractivity contribution in [2.75, 3.05) is 23.3 Å². The maximum atomic E-state index is 6.02. The predicted molar refractivity (Wildman–Crippen MR) is 103 cm³/mol. The molecule has 0 aromatic carbocycles. The third-order valence-corrected chi connectivity index (χ3v) is 5.83. The number of nitrogens with two attached hydrogens (primary N) is 1. The fraction of sp³-hybridized carbons (Fsp3) is 0.588. The van der Waals surface area contributed by atoms with E-state index in [2.05, 4.69) is 31.5 Å². The normalized spacial score (nSPS) is 27.4. The van der Waals surface area contributed by atoms with Gasteiger partial charge in [-0.25, -0.2) is 4.98 Å². The first kappa shape index (κ1) is 16.7. The van der Waals surface area contributed by atoms with E-state index in [1.165, 1.54) is 37.8 Å². The van der Waals surface area contributed by atoms with Crippen molar-refractivity contribution < 1.29 is 0 Å². The summed E-state index contributed by atoms with van der Waals surface area (Å²) in [6.45, 7) is 1.74. The SMILES string of the molecule is NCC12CCC(C1)N(c1nccc(Nc3cc(C4CC4)[nH]n3)n1)C2.S. The van der Waals surface area contributed by atoms with E-state index >= 15 is 0 Å². The van der Waals surface area contributed by atoms with Crippen molar-refractivity contribution in [2.45, 2.75) is 44.1 Å². The van der Waals surface area contributed by atoms with Crippen molar-refractivity contribution >= 4 is 31.1 Å². The van der Waals surface area contributed by atoms with Crippen molar-refractivity contribution in [3.8, 4) is 0 Å². The fourth-order valence-electron chi connectivity index (χ4n) is 4.25. The van der Waals surface area contributed by atoms with Crippen LogP contribution in [0.5, 0.6) is 0 Å². The van der Waals surface area contributed by atoms with Gasteiger partial charge in [0, 0.05) is 41.9 Å². The summed E-state index contributed by atoms with van der Waals surface area (Å²) in [6.07, 6.45) is 7.95. The van der Waals surface area contributed by atoms with Gasteiger partial charge in [0.25, 0.3) is 0 Å². The molecule has 1 aliphatic heterocycles. The van der Waals surface area contributed by atoms with Gasteiger partial charge in [-0.2, -0.15) is 23.6 Å². The van der Waals surface area contributed by atoms with Crippen LogP contribution >= 0.6 is 13.5 Å². The number of piperidine rings is 1. The Balaban J connectivity index is 0.00000157. The highest BCUT2D eigenvalue weighted by Gasteiger charge is 2.49. The van der Waals surface area contributed by atoms with Crippen LogP contribution in [0.3, 0.4) is 0 Å². The van der Waals surface area contributed by atoms with E-state index in [0.29, 0.717) is 12.0 Å². The molecule has 2 atom stereocenters. The first-order chi connectivity index (χ1) is 11.7. The zero-order chi connectivity index (χ0) is 16.1. The van der Waals surface area contributed by atoms with E-state index in [1.807, 2.05) is 12.3 Å². The van der Waals surface area contributed by atoms with Crippen molar-refractivity contribution in [1.29, 1.82) is 0 Å². The van der Waals surface area contributed by atoms with Crippen LogP contribution in [0.15, 0.2) is 18.3 Å². The molecule has 2 aromatic rings. The van der Waals surface area contributed by atoms with Gasteiger partial charge in [-0.05, 0) is 44.7 Å². The van der Waals surface area contributed by atoms with Gasteiger partial charge in [0.2, 0.25) is 5.95 Å². The van der Waals surface area contributed by atoms with Crippen LogP contribution in [0.25, 0.3) is 0 Å². The standard InChI is InChI=1S/C17H23N7.H2S/c18-9-17-5-3-12(8-17)24(10-17)16-19-6-4-14(21-16)20-15-7-13(22-23-15)11-1-2-11;/h4,6-7,11-12H,1-3,5,8-10,18H2,(H2,19,20,21,22,23);1H2. The van der Waals surface area contributed by atoms with E-state index < -0.39 is 0 Å². The highest BCUT2D eigenvalue weighted by atomic mass is 32.1. The summed E-state index contributed by atoms with van der Waals surface area (Å²) in [5.74, 6) is 3.08. The van der Waals surface area contributed by atoms with E-state index in [0.717, 1.165) is 30.7 Å². The summed E-state index contributed by atoms with van der Waals surface area (Å²) in [6, 6.07) is 4.51. The summed E-state index contributed by atoms with van der Waals surface area (Å²) in [4.78, 5) is 11.5. The van der Waals surface area contributed by atoms with E-state index in [4.69, 9.17) is 10.7 Å². The number of aromatic amines is 1. The Labute approximate surface area is 154 Å². The van der Waals surface area contributed by atoms with Crippen LogP contribution in [0.1, 0.15) is 43.7 Å². The molecule has 0 spiro atoms. The number of H-pyrrole nitrogens is 1. The average molecular weight is 360 g/mol. The molecule has 8 heteroatoms. The lowest BCUT2D eigenvalue weighted by molar-refractivity contribution is 0.340. The maximum absolute atomic E-state index is 6.02. The zero-order valence-electron chi connectivity index (χ0n) is 14.2. The smallest absolute Gasteiger partial charge is 0.227 e. The second-order valence-electron chi connectivity index (χ2n) is 7.58. The van der Waals surface area contributed by atoms with Gasteiger partial charge in [-0.3, -0.25) is 5.10 Å². The second-order valence-corrected chi connectivity index (χ2v) is 7.58. The van der Waals surface area contributed by atoms with Gasteiger partial charge in [0.15, 0.2) is 5.82 Å². The quantitative estimate of drug-likeness (QED) is 0.758. The minimum atomic E-state index is 0. The Hall–Kier alpha value is -1.80. The van der Waals surface area contributed by atoms with Gasteiger partial charge in [-0.1, -0.05) is 0 Å². The molecule has 7 nitrogen and oxygen atoms in total. The van der Waals surface area contributed by atoms with Crippen molar-refractivity contribution in [3.05, 3.63) is 24.0 Å². The van der Waals surface area contributed by atoms with E-state index in [1.54, 1.807) is 0 Å². The van der Waals surface area contributed by atoms with Crippen molar-refractivity contribution in [2.24, 2.45) is 11.1 Å². The van der Waals surface area contributed by atoms with Crippen LogP contribution in [-0.4, -0.2) is 39.3 Å². The van der Waals surface area contributed by atoms with Crippen LogP contribution in [0.4, 0.5) is 17.6 Å². The molecule has 2 unspecified atom stereocenters. The van der Waals surface area contributed by atoms with Gasteiger partial charge in [-0.15, -0.1) is 0 Å².